The van der Waals surface area contributed by atoms with Crippen LogP contribution in [0.3, 0.4) is 0 Å². The molecule has 28 heavy (non-hydrogen) atoms. The second kappa shape index (κ2) is 7.88. The first-order valence-electron chi connectivity index (χ1n) is 7.88. The normalized spacial score (nSPS) is 12.6. The predicted octanol–water partition coefficient (Wildman–Crippen LogP) is 4.97. The van der Waals surface area contributed by atoms with Crippen molar-refractivity contribution in [2.24, 2.45) is 0 Å². The molecule has 0 aliphatic carbocycles. The number of carbonyl (C=O) groups is 1. The highest BCUT2D eigenvalue weighted by molar-refractivity contribution is 9.10. The standard InChI is InChI=1S/C17H12BrClF3N5O/c1-9(27-25-15(24-26-27)10-2-4-11(18)5-3-10)16(28)23-14-7-6-12(19)8-13(14)17(20,21)22/h2-9H,1H3,(H,23,28). The molecule has 1 heterocycles. The van der Waals surface area contributed by atoms with E-state index in [4.69, 9.17) is 11.6 Å². The molecule has 1 aromatic heterocycles. The lowest BCUT2D eigenvalue weighted by Crippen LogP contribution is -2.26. The SMILES string of the molecule is CC(C(=O)Nc1ccc(Cl)cc1C(F)(F)F)n1nnc(-c2ccc(Br)cc2)n1. The predicted molar refractivity (Wildman–Crippen MR) is 101 cm³/mol. The van der Waals surface area contributed by atoms with Crippen molar-refractivity contribution >= 4 is 39.1 Å². The monoisotopic (exact) mass is 473 g/mol. The van der Waals surface area contributed by atoms with Crippen molar-refractivity contribution in [3.8, 4) is 11.4 Å². The smallest absolute Gasteiger partial charge is 0.324 e. The van der Waals surface area contributed by atoms with Gasteiger partial charge in [0.2, 0.25) is 5.82 Å². The van der Waals surface area contributed by atoms with Gasteiger partial charge in [0.25, 0.3) is 5.91 Å². The van der Waals surface area contributed by atoms with Crippen molar-refractivity contribution in [2.75, 3.05) is 5.32 Å². The fourth-order valence-corrected chi connectivity index (χ4v) is 2.74. The first kappa shape index (κ1) is 20.3. The van der Waals surface area contributed by atoms with Gasteiger partial charge in [-0.05, 0) is 54.6 Å². The van der Waals surface area contributed by atoms with Gasteiger partial charge in [0.05, 0.1) is 11.3 Å². The highest BCUT2D eigenvalue weighted by atomic mass is 79.9. The number of hydrogen-bond acceptors (Lipinski definition) is 4. The molecule has 2 aromatic carbocycles. The highest BCUT2D eigenvalue weighted by Crippen LogP contribution is 2.36. The average Bonchev–Trinajstić information content (AvgIpc) is 3.12. The number of benzene rings is 2. The van der Waals surface area contributed by atoms with E-state index < -0.39 is 29.4 Å². The summed E-state index contributed by atoms with van der Waals surface area (Å²) >= 11 is 8.96. The number of amides is 1. The molecule has 11 heteroatoms. The van der Waals surface area contributed by atoms with Crippen molar-refractivity contribution in [3.05, 3.63) is 57.5 Å². The van der Waals surface area contributed by atoms with Crippen molar-refractivity contribution in [3.63, 3.8) is 0 Å². The van der Waals surface area contributed by atoms with Gasteiger partial charge in [0, 0.05) is 15.1 Å². The number of halogens is 5. The van der Waals surface area contributed by atoms with Crippen molar-refractivity contribution in [1.29, 1.82) is 0 Å². The Morgan fingerprint density at radius 3 is 2.54 bits per heavy atom. The summed E-state index contributed by atoms with van der Waals surface area (Å²) in [6, 6.07) is 9.24. The zero-order valence-electron chi connectivity index (χ0n) is 14.2. The summed E-state index contributed by atoms with van der Waals surface area (Å²) in [5, 5.41) is 14.0. The van der Waals surface area contributed by atoms with Crippen LogP contribution in [0.4, 0.5) is 18.9 Å². The van der Waals surface area contributed by atoms with Crippen LogP contribution in [0.25, 0.3) is 11.4 Å². The fraction of sp³-hybridized carbons (Fsp3) is 0.176. The molecule has 0 saturated carbocycles. The summed E-state index contributed by atoms with van der Waals surface area (Å²) in [5.41, 5.74) is -0.760. The summed E-state index contributed by atoms with van der Waals surface area (Å²) in [7, 11) is 0. The summed E-state index contributed by atoms with van der Waals surface area (Å²) < 4.78 is 40.4. The molecule has 1 N–H and O–H groups in total. The quantitative estimate of drug-likeness (QED) is 0.579. The van der Waals surface area contributed by atoms with E-state index in [1.807, 2.05) is 0 Å². The zero-order valence-corrected chi connectivity index (χ0v) is 16.5. The van der Waals surface area contributed by atoms with Gasteiger partial charge in [-0.3, -0.25) is 4.79 Å². The summed E-state index contributed by atoms with van der Waals surface area (Å²) in [4.78, 5) is 13.5. The third-order valence-electron chi connectivity index (χ3n) is 3.80. The molecule has 1 unspecified atom stereocenters. The van der Waals surface area contributed by atoms with Gasteiger partial charge in [-0.25, -0.2) is 0 Å². The van der Waals surface area contributed by atoms with E-state index in [1.54, 1.807) is 24.3 Å². The van der Waals surface area contributed by atoms with E-state index in [-0.39, 0.29) is 10.8 Å². The van der Waals surface area contributed by atoms with Crippen LogP contribution >= 0.6 is 27.5 Å². The Balaban J connectivity index is 1.80. The van der Waals surface area contributed by atoms with E-state index in [2.05, 4.69) is 36.7 Å². The number of rotatable bonds is 4. The van der Waals surface area contributed by atoms with Gasteiger partial charge in [-0.2, -0.15) is 18.0 Å². The molecule has 0 bridgehead atoms. The first-order valence-corrected chi connectivity index (χ1v) is 9.05. The lowest BCUT2D eigenvalue weighted by molar-refractivity contribution is -0.137. The molecule has 0 fully saturated rings. The molecule has 1 amide bonds. The Hall–Kier alpha value is -2.46. The molecule has 6 nitrogen and oxygen atoms in total. The summed E-state index contributed by atoms with van der Waals surface area (Å²) in [5.74, 6) is -0.442. The van der Waals surface area contributed by atoms with Crippen LogP contribution < -0.4 is 5.32 Å². The van der Waals surface area contributed by atoms with Gasteiger partial charge >= 0.3 is 6.18 Å². The number of aromatic nitrogens is 4. The first-order chi connectivity index (χ1) is 13.1. The number of alkyl halides is 3. The summed E-state index contributed by atoms with van der Waals surface area (Å²) in [6.45, 7) is 1.45. The number of tetrazole rings is 1. The maximum absolute atomic E-state index is 13.2. The van der Waals surface area contributed by atoms with Gasteiger partial charge < -0.3 is 5.32 Å². The maximum Gasteiger partial charge on any atom is 0.418 e. The van der Waals surface area contributed by atoms with E-state index >= 15 is 0 Å². The van der Waals surface area contributed by atoms with E-state index in [9.17, 15) is 18.0 Å². The fourth-order valence-electron chi connectivity index (χ4n) is 2.31. The average molecular weight is 475 g/mol. The van der Waals surface area contributed by atoms with Gasteiger partial charge in [0.15, 0.2) is 0 Å². The van der Waals surface area contributed by atoms with Crippen LogP contribution in [0.15, 0.2) is 46.9 Å². The number of nitrogens with one attached hydrogen (secondary N) is 1. The Morgan fingerprint density at radius 2 is 1.89 bits per heavy atom. The topological polar surface area (TPSA) is 72.7 Å². The molecule has 146 valence electrons. The highest BCUT2D eigenvalue weighted by Gasteiger charge is 2.34. The molecule has 1 atom stereocenters. The Kier molecular flexibility index (Phi) is 5.71. The maximum atomic E-state index is 13.2. The number of carbonyl (C=O) groups excluding carboxylic acids is 1. The molecule has 3 rings (SSSR count). The lowest BCUT2D eigenvalue weighted by atomic mass is 10.1. The van der Waals surface area contributed by atoms with E-state index in [0.29, 0.717) is 5.56 Å². The van der Waals surface area contributed by atoms with Crippen LogP contribution in [0.5, 0.6) is 0 Å². The van der Waals surface area contributed by atoms with Gasteiger partial charge in [0.1, 0.15) is 6.04 Å². The number of anilines is 1. The van der Waals surface area contributed by atoms with Gasteiger partial charge in [-0.15, -0.1) is 10.2 Å². The minimum atomic E-state index is -4.67. The summed E-state index contributed by atoms with van der Waals surface area (Å²) in [6.07, 6.45) is -4.67. The Bertz CT molecular complexity index is 1010. The molecular formula is C17H12BrClF3N5O. The number of hydrogen-bond donors (Lipinski definition) is 1. The molecule has 0 aliphatic heterocycles. The van der Waals surface area contributed by atoms with Crippen LogP contribution in [0.1, 0.15) is 18.5 Å². The molecule has 3 aromatic rings. The second-order valence-corrected chi connectivity index (χ2v) is 7.15. The van der Waals surface area contributed by atoms with Crippen LogP contribution in [-0.2, 0) is 11.0 Å². The molecule has 0 aliphatic rings. The number of nitrogens with zero attached hydrogens (tertiary/aromatic N) is 4. The van der Waals surface area contributed by atoms with E-state index in [0.717, 1.165) is 21.4 Å². The Labute approximate surface area is 170 Å². The van der Waals surface area contributed by atoms with Gasteiger partial charge in [-0.1, -0.05) is 27.5 Å². The lowest BCUT2D eigenvalue weighted by Gasteiger charge is -2.16. The van der Waals surface area contributed by atoms with Crippen LogP contribution in [0.2, 0.25) is 5.02 Å². The Morgan fingerprint density at radius 1 is 1.21 bits per heavy atom. The third kappa shape index (κ3) is 4.50. The van der Waals surface area contributed by atoms with Crippen LogP contribution in [0, 0.1) is 0 Å². The van der Waals surface area contributed by atoms with Crippen molar-refractivity contribution < 1.29 is 18.0 Å². The molecule has 0 saturated heterocycles. The third-order valence-corrected chi connectivity index (χ3v) is 4.57. The molecule has 0 spiro atoms. The molecular weight excluding hydrogens is 463 g/mol. The van der Waals surface area contributed by atoms with Crippen molar-refractivity contribution in [2.45, 2.75) is 19.1 Å². The zero-order chi connectivity index (χ0) is 20.5. The molecule has 0 radical (unpaired) electrons. The van der Waals surface area contributed by atoms with E-state index in [1.165, 1.54) is 13.0 Å². The van der Waals surface area contributed by atoms with Crippen molar-refractivity contribution in [1.82, 2.24) is 20.2 Å². The van der Waals surface area contributed by atoms with Crippen LogP contribution in [-0.4, -0.2) is 26.1 Å². The minimum Gasteiger partial charge on any atom is -0.324 e. The minimum absolute atomic E-state index is 0.0875. The second-order valence-electron chi connectivity index (χ2n) is 5.79. The largest absolute Gasteiger partial charge is 0.418 e.